The third-order valence-electron chi connectivity index (χ3n) is 4.13. The normalized spacial score (nSPS) is 12.6. The Balaban J connectivity index is 0.000000501. The number of nitrogens with one attached hydrogen (secondary N) is 2. The number of aliphatic carboxylic acids is 2. The van der Waals surface area contributed by atoms with Crippen molar-refractivity contribution in [1.82, 2.24) is 5.32 Å². The number of rotatable bonds is 6. The number of hydrogen-bond acceptors (Lipinski definition) is 7. The number of carbonyl (C=O) groups excluding carboxylic acids is 1. The van der Waals surface area contributed by atoms with Gasteiger partial charge in [-0.05, 0) is 36.8 Å². The van der Waals surface area contributed by atoms with E-state index in [1.54, 1.807) is 25.3 Å². The number of carbonyl (C=O) groups is 3. The Labute approximate surface area is 178 Å². The first-order chi connectivity index (χ1) is 14.8. The first-order valence-electron chi connectivity index (χ1n) is 9.33. The molecule has 2 aromatic rings. The Hall–Kier alpha value is -3.79. The molecule has 0 spiro atoms. The van der Waals surface area contributed by atoms with Crippen molar-refractivity contribution in [1.29, 1.82) is 0 Å². The zero-order valence-electron chi connectivity index (χ0n) is 17.1. The van der Waals surface area contributed by atoms with Crippen LogP contribution in [0.3, 0.4) is 0 Å². The Kier molecular flexibility index (Phi) is 8.64. The van der Waals surface area contributed by atoms with Crippen LogP contribution in [0.25, 0.3) is 0 Å². The second-order valence-corrected chi connectivity index (χ2v) is 6.41. The van der Waals surface area contributed by atoms with E-state index in [1.807, 2.05) is 31.2 Å². The minimum Gasteiger partial charge on any atom is -0.497 e. The summed E-state index contributed by atoms with van der Waals surface area (Å²) < 4.78 is 16.2. The van der Waals surface area contributed by atoms with Gasteiger partial charge in [0.1, 0.15) is 19.0 Å². The van der Waals surface area contributed by atoms with Crippen molar-refractivity contribution in [3.63, 3.8) is 0 Å². The highest BCUT2D eigenvalue weighted by Crippen LogP contribution is 2.32. The average molecular weight is 432 g/mol. The summed E-state index contributed by atoms with van der Waals surface area (Å²) in [6.07, 6.45) is 0. The van der Waals surface area contributed by atoms with Gasteiger partial charge in [0.2, 0.25) is 5.91 Å². The first-order valence-corrected chi connectivity index (χ1v) is 9.33. The molecule has 1 aliphatic rings. The van der Waals surface area contributed by atoms with Gasteiger partial charge in [-0.15, -0.1) is 0 Å². The minimum absolute atomic E-state index is 0.112. The average Bonchev–Trinajstić information content (AvgIpc) is 2.77. The molecular formula is C21H24N2O8. The molecule has 0 fully saturated rings. The quantitative estimate of drug-likeness (QED) is 0.502. The third kappa shape index (κ3) is 7.52. The molecule has 0 aliphatic carbocycles. The molecule has 166 valence electrons. The fraction of sp³-hybridized carbons (Fsp3) is 0.286. The second kappa shape index (κ2) is 11.4. The summed E-state index contributed by atoms with van der Waals surface area (Å²) in [6.45, 7) is 3.47. The molecular weight excluding hydrogens is 408 g/mol. The molecule has 1 heterocycles. The molecule has 0 radical (unpaired) electrons. The largest absolute Gasteiger partial charge is 0.497 e. The molecule has 0 saturated heterocycles. The topological polar surface area (TPSA) is 143 Å². The summed E-state index contributed by atoms with van der Waals surface area (Å²) in [6, 6.07) is 12.8. The van der Waals surface area contributed by atoms with E-state index in [0.717, 1.165) is 11.3 Å². The van der Waals surface area contributed by atoms with Crippen molar-refractivity contribution in [2.75, 3.05) is 25.6 Å². The van der Waals surface area contributed by atoms with E-state index in [9.17, 15) is 4.79 Å². The van der Waals surface area contributed by atoms with Crippen molar-refractivity contribution in [3.05, 3.63) is 48.0 Å². The lowest BCUT2D eigenvalue weighted by atomic mass is 10.2. The zero-order chi connectivity index (χ0) is 22.8. The summed E-state index contributed by atoms with van der Waals surface area (Å²) >= 11 is 0. The van der Waals surface area contributed by atoms with Crippen LogP contribution in [0.15, 0.2) is 42.5 Å². The number of ether oxygens (including phenoxy) is 3. The van der Waals surface area contributed by atoms with Crippen molar-refractivity contribution in [2.24, 2.45) is 0 Å². The van der Waals surface area contributed by atoms with E-state index in [4.69, 9.17) is 34.0 Å². The van der Waals surface area contributed by atoms with E-state index in [2.05, 4.69) is 10.6 Å². The fourth-order valence-electron chi connectivity index (χ4n) is 2.52. The van der Waals surface area contributed by atoms with Crippen molar-refractivity contribution in [2.45, 2.75) is 19.5 Å². The predicted molar refractivity (Wildman–Crippen MR) is 111 cm³/mol. The molecule has 1 aliphatic heterocycles. The summed E-state index contributed by atoms with van der Waals surface area (Å²) in [7, 11) is 1.63. The smallest absolute Gasteiger partial charge is 0.414 e. The molecule has 0 bridgehead atoms. The van der Waals surface area contributed by atoms with Gasteiger partial charge in [-0.3, -0.25) is 4.79 Å². The van der Waals surface area contributed by atoms with E-state index in [1.165, 1.54) is 0 Å². The number of carboxylic acids is 2. The van der Waals surface area contributed by atoms with Crippen molar-refractivity contribution >= 4 is 23.5 Å². The lowest BCUT2D eigenvalue weighted by Gasteiger charge is -2.19. The fourth-order valence-corrected chi connectivity index (χ4v) is 2.52. The maximum absolute atomic E-state index is 12.4. The number of hydrogen-bond donors (Lipinski definition) is 4. The highest BCUT2D eigenvalue weighted by atomic mass is 16.6. The third-order valence-corrected chi connectivity index (χ3v) is 4.13. The Morgan fingerprint density at radius 3 is 2.35 bits per heavy atom. The summed E-state index contributed by atoms with van der Waals surface area (Å²) in [5, 5.41) is 20.9. The SMILES string of the molecule is COc1cccc(CNC(C)C(=O)Nc2ccc3c(c2)OCCO3)c1.O=C(O)C(=O)O. The number of benzene rings is 2. The van der Waals surface area contributed by atoms with E-state index in [-0.39, 0.29) is 11.9 Å². The second-order valence-electron chi connectivity index (χ2n) is 6.41. The summed E-state index contributed by atoms with van der Waals surface area (Å²) in [5.41, 5.74) is 1.74. The molecule has 10 heteroatoms. The van der Waals surface area contributed by atoms with Gasteiger partial charge in [-0.1, -0.05) is 12.1 Å². The number of fused-ring (bicyclic) bond motifs is 1. The Morgan fingerprint density at radius 2 is 1.71 bits per heavy atom. The van der Waals surface area contributed by atoms with E-state index < -0.39 is 11.9 Å². The van der Waals surface area contributed by atoms with E-state index in [0.29, 0.717) is 36.9 Å². The van der Waals surface area contributed by atoms with Gasteiger partial charge in [0.25, 0.3) is 0 Å². The van der Waals surface area contributed by atoms with Crippen LogP contribution in [0.5, 0.6) is 17.2 Å². The standard InChI is InChI=1S/C19H22N2O4.C2H2O4/c1-13(20-12-14-4-3-5-16(10-14)23-2)19(22)21-15-6-7-17-18(11-15)25-9-8-24-17;3-1(4)2(5)6/h3-7,10-11,13,20H,8-9,12H2,1-2H3,(H,21,22);(H,3,4)(H,5,6). The van der Waals surface area contributed by atoms with Crippen LogP contribution in [-0.2, 0) is 20.9 Å². The Bertz CT molecular complexity index is 919. The van der Waals surface area contributed by atoms with Gasteiger partial charge >= 0.3 is 11.9 Å². The minimum atomic E-state index is -1.82. The molecule has 1 unspecified atom stereocenters. The first kappa shape index (κ1) is 23.5. The monoisotopic (exact) mass is 432 g/mol. The molecule has 3 rings (SSSR count). The maximum atomic E-state index is 12.4. The van der Waals surface area contributed by atoms with Crippen LogP contribution in [0.2, 0.25) is 0 Å². The van der Waals surface area contributed by atoms with Crippen molar-refractivity contribution in [3.8, 4) is 17.2 Å². The molecule has 1 amide bonds. The van der Waals surface area contributed by atoms with Crippen LogP contribution in [0.4, 0.5) is 5.69 Å². The van der Waals surface area contributed by atoms with Crippen molar-refractivity contribution < 1.29 is 38.8 Å². The summed E-state index contributed by atoms with van der Waals surface area (Å²) in [4.78, 5) is 30.6. The maximum Gasteiger partial charge on any atom is 0.414 e. The van der Waals surface area contributed by atoms with Gasteiger partial charge in [-0.2, -0.15) is 0 Å². The predicted octanol–water partition coefficient (Wildman–Crippen LogP) is 1.74. The highest BCUT2D eigenvalue weighted by Gasteiger charge is 2.16. The molecule has 1 atom stereocenters. The Morgan fingerprint density at radius 1 is 1.03 bits per heavy atom. The van der Waals surface area contributed by atoms with E-state index >= 15 is 0 Å². The lowest BCUT2D eigenvalue weighted by Crippen LogP contribution is -2.37. The van der Waals surface area contributed by atoms with Crippen LogP contribution in [0.1, 0.15) is 12.5 Å². The number of methoxy groups -OCH3 is 1. The van der Waals surface area contributed by atoms with Gasteiger partial charge in [-0.25, -0.2) is 9.59 Å². The van der Waals surface area contributed by atoms with Gasteiger partial charge < -0.3 is 35.1 Å². The van der Waals surface area contributed by atoms with Crippen LogP contribution >= 0.6 is 0 Å². The number of anilines is 1. The molecule has 31 heavy (non-hydrogen) atoms. The molecule has 2 aromatic carbocycles. The summed E-state index contributed by atoms with van der Waals surface area (Å²) in [5.74, 6) is -1.60. The van der Waals surface area contributed by atoms with Gasteiger partial charge in [0, 0.05) is 18.3 Å². The number of amides is 1. The zero-order valence-corrected chi connectivity index (χ0v) is 17.1. The number of carboxylic acid groups (broad SMARTS) is 2. The molecule has 0 saturated carbocycles. The van der Waals surface area contributed by atoms with Crippen LogP contribution in [0, 0.1) is 0 Å². The van der Waals surface area contributed by atoms with Crippen LogP contribution < -0.4 is 24.8 Å². The van der Waals surface area contributed by atoms with Crippen LogP contribution in [-0.4, -0.2) is 54.4 Å². The molecule has 0 aromatic heterocycles. The van der Waals surface area contributed by atoms with Gasteiger partial charge in [0.05, 0.1) is 13.2 Å². The van der Waals surface area contributed by atoms with Gasteiger partial charge in [0.15, 0.2) is 11.5 Å². The highest BCUT2D eigenvalue weighted by molar-refractivity contribution is 6.27. The molecule has 10 nitrogen and oxygen atoms in total. The molecule has 4 N–H and O–H groups in total. The lowest BCUT2D eigenvalue weighted by molar-refractivity contribution is -0.159.